The summed E-state index contributed by atoms with van der Waals surface area (Å²) in [5.41, 5.74) is 0. The molecular weight excluding hydrogens is 212 g/mol. The Kier molecular flexibility index (Phi) is 6.30. The molecule has 1 rings (SSSR count). The molecule has 0 saturated carbocycles. The van der Waals surface area contributed by atoms with Crippen LogP contribution in [0.1, 0.15) is 24.9 Å². The molecule has 3 heteroatoms. The summed E-state index contributed by atoms with van der Waals surface area (Å²) in [5.74, 6) is 2.84. The fraction of sp³-hybridized carbons (Fsp3) is 0.714. The van der Waals surface area contributed by atoms with E-state index in [-0.39, 0.29) is 0 Å². The second kappa shape index (κ2) is 7.51. The Labute approximate surface area is 105 Å². The number of hydrogen-bond acceptors (Lipinski definition) is 3. The third-order valence-corrected chi connectivity index (χ3v) is 3.18. The molecule has 1 N–H and O–H groups in total. The Morgan fingerprint density at radius 2 is 2.18 bits per heavy atom. The lowest BCUT2D eigenvalue weighted by atomic mass is 10.1. The highest BCUT2D eigenvalue weighted by Crippen LogP contribution is 2.08. The standard InChI is InChI=1S/C14H26N2O/c1-5-13(10-15-3)11-16(4)9-8-14-7-6-12(2)17-14/h6-7,13,15H,5,8-11H2,1-4H3. The predicted molar refractivity (Wildman–Crippen MR) is 72.4 cm³/mol. The summed E-state index contributed by atoms with van der Waals surface area (Å²) < 4.78 is 5.57. The maximum absolute atomic E-state index is 5.57. The van der Waals surface area contributed by atoms with Crippen molar-refractivity contribution in [1.29, 1.82) is 0 Å². The van der Waals surface area contributed by atoms with Gasteiger partial charge in [0.05, 0.1) is 0 Å². The fourth-order valence-electron chi connectivity index (χ4n) is 2.08. The van der Waals surface area contributed by atoms with Crippen molar-refractivity contribution in [3.63, 3.8) is 0 Å². The molecule has 1 unspecified atom stereocenters. The van der Waals surface area contributed by atoms with E-state index in [1.807, 2.05) is 20.0 Å². The summed E-state index contributed by atoms with van der Waals surface area (Å²) in [7, 11) is 4.21. The molecule has 3 nitrogen and oxygen atoms in total. The SMILES string of the molecule is CCC(CNC)CN(C)CCc1ccc(C)o1. The maximum Gasteiger partial charge on any atom is 0.105 e. The van der Waals surface area contributed by atoms with Crippen molar-refractivity contribution >= 4 is 0 Å². The number of nitrogens with one attached hydrogen (secondary N) is 1. The van der Waals surface area contributed by atoms with Crippen LogP contribution in [-0.4, -0.2) is 38.6 Å². The lowest BCUT2D eigenvalue weighted by Crippen LogP contribution is -2.32. The van der Waals surface area contributed by atoms with Gasteiger partial charge >= 0.3 is 0 Å². The average Bonchev–Trinajstić information content (AvgIpc) is 2.72. The number of nitrogens with zero attached hydrogens (tertiary/aromatic N) is 1. The van der Waals surface area contributed by atoms with Crippen molar-refractivity contribution in [2.75, 3.05) is 33.7 Å². The molecule has 0 aliphatic heterocycles. The molecule has 0 saturated heterocycles. The van der Waals surface area contributed by atoms with Gasteiger partial charge in [-0.1, -0.05) is 13.3 Å². The number of furan rings is 1. The number of aryl methyl sites for hydroxylation is 1. The van der Waals surface area contributed by atoms with Crippen LogP contribution in [0.3, 0.4) is 0 Å². The van der Waals surface area contributed by atoms with Crippen LogP contribution in [0.15, 0.2) is 16.5 Å². The zero-order valence-corrected chi connectivity index (χ0v) is 11.6. The molecule has 1 aromatic heterocycles. The molecule has 0 aliphatic carbocycles. The van der Waals surface area contributed by atoms with E-state index in [1.165, 1.54) is 6.42 Å². The molecule has 0 amide bonds. The van der Waals surface area contributed by atoms with Crippen LogP contribution >= 0.6 is 0 Å². The molecule has 0 bridgehead atoms. The lowest BCUT2D eigenvalue weighted by molar-refractivity contribution is 0.265. The van der Waals surface area contributed by atoms with Crippen LogP contribution in [0.4, 0.5) is 0 Å². The molecule has 17 heavy (non-hydrogen) atoms. The molecule has 0 radical (unpaired) electrons. The van der Waals surface area contributed by atoms with Crippen molar-refractivity contribution in [3.8, 4) is 0 Å². The van der Waals surface area contributed by atoms with Crippen molar-refractivity contribution in [2.24, 2.45) is 5.92 Å². The van der Waals surface area contributed by atoms with Gasteiger partial charge in [0, 0.05) is 19.5 Å². The van der Waals surface area contributed by atoms with Crippen molar-refractivity contribution in [1.82, 2.24) is 10.2 Å². The Bertz CT molecular complexity index is 309. The summed E-state index contributed by atoms with van der Waals surface area (Å²) >= 11 is 0. The highest BCUT2D eigenvalue weighted by atomic mass is 16.3. The van der Waals surface area contributed by atoms with Crippen molar-refractivity contribution in [2.45, 2.75) is 26.7 Å². The molecule has 0 spiro atoms. The summed E-state index contributed by atoms with van der Waals surface area (Å²) in [4.78, 5) is 2.39. The van der Waals surface area contributed by atoms with Gasteiger partial charge in [0.25, 0.3) is 0 Å². The van der Waals surface area contributed by atoms with E-state index < -0.39 is 0 Å². The topological polar surface area (TPSA) is 28.4 Å². The zero-order valence-electron chi connectivity index (χ0n) is 11.6. The van der Waals surface area contributed by atoms with E-state index in [0.29, 0.717) is 0 Å². The minimum Gasteiger partial charge on any atom is -0.466 e. The van der Waals surface area contributed by atoms with Gasteiger partial charge in [-0.2, -0.15) is 0 Å². The Morgan fingerprint density at radius 1 is 1.41 bits per heavy atom. The molecule has 0 aliphatic rings. The summed E-state index contributed by atoms with van der Waals surface area (Å²) in [6.07, 6.45) is 2.23. The van der Waals surface area contributed by atoms with Crippen LogP contribution in [0.25, 0.3) is 0 Å². The van der Waals surface area contributed by atoms with E-state index >= 15 is 0 Å². The average molecular weight is 238 g/mol. The highest BCUT2D eigenvalue weighted by Gasteiger charge is 2.09. The lowest BCUT2D eigenvalue weighted by Gasteiger charge is -2.22. The van der Waals surface area contributed by atoms with E-state index in [9.17, 15) is 0 Å². The molecule has 98 valence electrons. The molecule has 1 aromatic rings. The first-order chi connectivity index (χ1) is 8.15. The maximum atomic E-state index is 5.57. The summed E-state index contributed by atoms with van der Waals surface area (Å²) in [5, 5.41) is 3.26. The van der Waals surface area contributed by atoms with Crippen molar-refractivity contribution < 1.29 is 4.42 Å². The van der Waals surface area contributed by atoms with Gasteiger partial charge in [-0.3, -0.25) is 0 Å². The van der Waals surface area contributed by atoms with Crippen LogP contribution in [0, 0.1) is 12.8 Å². The molecule has 0 aromatic carbocycles. The Morgan fingerprint density at radius 3 is 2.71 bits per heavy atom. The van der Waals surface area contributed by atoms with Crippen LogP contribution < -0.4 is 5.32 Å². The van der Waals surface area contributed by atoms with Gasteiger partial charge < -0.3 is 14.6 Å². The molecule has 0 fully saturated rings. The van der Waals surface area contributed by atoms with Crippen LogP contribution in [-0.2, 0) is 6.42 Å². The highest BCUT2D eigenvalue weighted by molar-refractivity contribution is 5.05. The molecule has 1 heterocycles. The van der Waals surface area contributed by atoms with E-state index in [1.54, 1.807) is 0 Å². The van der Waals surface area contributed by atoms with E-state index in [2.05, 4.69) is 30.3 Å². The monoisotopic (exact) mass is 238 g/mol. The first kappa shape index (κ1) is 14.3. The van der Waals surface area contributed by atoms with E-state index in [0.717, 1.165) is 43.5 Å². The second-order valence-electron chi connectivity index (χ2n) is 4.86. The van der Waals surface area contributed by atoms with Crippen molar-refractivity contribution in [3.05, 3.63) is 23.7 Å². The smallest absolute Gasteiger partial charge is 0.105 e. The van der Waals surface area contributed by atoms with Crippen LogP contribution in [0.2, 0.25) is 0 Å². The zero-order chi connectivity index (χ0) is 12.7. The van der Waals surface area contributed by atoms with Gasteiger partial charge in [0.1, 0.15) is 11.5 Å². The van der Waals surface area contributed by atoms with E-state index in [4.69, 9.17) is 4.42 Å². The number of likely N-dealkylation sites (N-methyl/N-ethyl adjacent to an activating group) is 1. The quantitative estimate of drug-likeness (QED) is 0.753. The van der Waals surface area contributed by atoms with Gasteiger partial charge in [0.15, 0.2) is 0 Å². The minimum atomic E-state index is 0.739. The van der Waals surface area contributed by atoms with Crippen LogP contribution in [0.5, 0.6) is 0 Å². The third-order valence-electron chi connectivity index (χ3n) is 3.18. The fourth-order valence-corrected chi connectivity index (χ4v) is 2.08. The minimum absolute atomic E-state index is 0.739. The summed E-state index contributed by atoms with van der Waals surface area (Å²) in [6.45, 7) is 7.56. The Hall–Kier alpha value is -0.800. The van der Waals surface area contributed by atoms with Gasteiger partial charge in [-0.25, -0.2) is 0 Å². The first-order valence-electron chi connectivity index (χ1n) is 6.54. The second-order valence-corrected chi connectivity index (χ2v) is 4.86. The van der Waals surface area contributed by atoms with Gasteiger partial charge in [0.2, 0.25) is 0 Å². The predicted octanol–water partition coefficient (Wildman–Crippen LogP) is 2.31. The normalized spacial score (nSPS) is 13.2. The van der Waals surface area contributed by atoms with Gasteiger partial charge in [-0.15, -0.1) is 0 Å². The summed E-state index contributed by atoms with van der Waals surface area (Å²) in [6, 6.07) is 4.11. The molecular formula is C14H26N2O. The first-order valence-corrected chi connectivity index (χ1v) is 6.54. The third kappa shape index (κ3) is 5.37. The molecule has 1 atom stereocenters. The number of hydrogen-bond donors (Lipinski definition) is 1. The number of rotatable bonds is 8. The van der Waals surface area contributed by atoms with Gasteiger partial charge in [-0.05, 0) is 45.6 Å². The Balaban J connectivity index is 2.26. The largest absolute Gasteiger partial charge is 0.466 e.